The number of benzene rings is 1. The van der Waals surface area contributed by atoms with Gasteiger partial charge in [-0.2, -0.15) is 0 Å². The van der Waals surface area contributed by atoms with Crippen LogP contribution in [0.3, 0.4) is 0 Å². The zero-order valence-electron chi connectivity index (χ0n) is 13.5. The molecule has 1 atom stereocenters. The van der Waals surface area contributed by atoms with Crippen molar-refractivity contribution >= 4 is 39.0 Å². The normalized spacial score (nSPS) is 18.3. The van der Waals surface area contributed by atoms with Gasteiger partial charge in [0, 0.05) is 20.8 Å². The Morgan fingerprint density at radius 3 is 2.83 bits per heavy atom. The van der Waals surface area contributed by atoms with Crippen molar-refractivity contribution < 1.29 is 9.18 Å². The summed E-state index contributed by atoms with van der Waals surface area (Å²) in [5.41, 5.74) is 0.216. The summed E-state index contributed by atoms with van der Waals surface area (Å²) < 4.78 is 14.7. The molecule has 0 spiro atoms. The number of carbonyl (C=O) groups excluding carboxylic acids is 1. The van der Waals surface area contributed by atoms with Crippen molar-refractivity contribution in [2.75, 3.05) is 11.9 Å². The van der Waals surface area contributed by atoms with Crippen LogP contribution in [0.2, 0.25) is 0 Å². The molecule has 2 heterocycles. The van der Waals surface area contributed by atoms with Crippen LogP contribution in [0.4, 0.5) is 14.9 Å². The fourth-order valence-electron chi connectivity index (χ4n) is 3.06. The van der Waals surface area contributed by atoms with E-state index in [2.05, 4.69) is 40.3 Å². The monoisotopic (exact) mass is 410 g/mol. The molecule has 1 aliphatic heterocycles. The van der Waals surface area contributed by atoms with E-state index in [0.29, 0.717) is 11.0 Å². The van der Waals surface area contributed by atoms with Crippen molar-refractivity contribution in [1.29, 1.82) is 0 Å². The van der Waals surface area contributed by atoms with E-state index in [1.54, 1.807) is 23.5 Å². The van der Waals surface area contributed by atoms with Gasteiger partial charge in [0.2, 0.25) is 0 Å². The third kappa shape index (κ3) is 3.98. The van der Waals surface area contributed by atoms with Crippen molar-refractivity contribution in [2.24, 2.45) is 0 Å². The average molecular weight is 411 g/mol. The predicted octanol–water partition coefficient (Wildman–Crippen LogP) is 6.11. The molecule has 1 aromatic heterocycles. The summed E-state index contributed by atoms with van der Waals surface area (Å²) in [7, 11) is 0. The molecular formula is C18H20BrFN2OS. The van der Waals surface area contributed by atoms with E-state index in [4.69, 9.17) is 0 Å². The van der Waals surface area contributed by atoms with E-state index in [9.17, 15) is 9.18 Å². The number of hydrogen-bond donors (Lipinski definition) is 1. The number of nitrogens with zero attached hydrogens (tertiary/aromatic N) is 1. The first-order valence-corrected chi connectivity index (χ1v) is 9.74. The van der Waals surface area contributed by atoms with Gasteiger partial charge in [0.15, 0.2) is 0 Å². The maximum absolute atomic E-state index is 14.0. The average Bonchev–Trinajstić information content (AvgIpc) is 2.83. The number of halogens is 2. The van der Waals surface area contributed by atoms with Crippen molar-refractivity contribution in [1.82, 2.24) is 4.90 Å². The second-order valence-electron chi connectivity index (χ2n) is 6.06. The van der Waals surface area contributed by atoms with Crippen molar-refractivity contribution in [2.45, 2.75) is 38.6 Å². The number of anilines is 1. The van der Waals surface area contributed by atoms with Gasteiger partial charge in [-0.25, -0.2) is 9.18 Å². The zero-order chi connectivity index (χ0) is 17.1. The molecule has 0 saturated carbocycles. The highest BCUT2D eigenvalue weighted by molar-refractivity contribution is 9.10. The largest absolute Gasteiger partial charge is 0.322 e. The number of hydrogen-bond acceptors (Lipinski definition) is 2. The molecule has 1 aliphatic rings. The van der Waals surface area contributed by atoms with Crippen LogP contribution in [-0.4, -0.2) is 17.5 Å². The minimum Gasteiger partial charge on any atom is -0.317 e. The molecule has 6 heteroatoms. The molecule has 0 unspecified atom stereocenters. The summed E-state index contributed by atoms with van der Waals surface area (Å²) in [6.45, 7) is 2.78. The zero-order valence-corrected chi connectivity index (χ0v) is 15.9. The van der Waals surface area contributed by atoms with Crippen LogP contribution in [-0.2, 0) is 0 Å². The number of rotatable bonds is 2. The lowest BCUT2D eigenvalue weighted by Crippen LogP contribution is -2.38. The first-order valence-electron chi connectivity index (χ1n) is 8.13. The first kappa shape index (κ1) is 17.4. The highest BCUT2D eigenvalue weighted by Crippen LogP contribution is 2.34. The topological polar surface area (TPSA) is 32.3 Å². The fraction of sp³-hybridized carbons (Fsp3) is 0.389. The summed E-state index contributed by atoms with van der Waals surface area (Å²) in [4.78, 5) is 17.1. The molecule has 1 saturated heterocycles. The quantitative estimate of drug-likeness (QED) is 0.636. The predicted molar refractivity (Wildman–Crippen MR) is 100 cm³/mol. The van der Waals surface area contributed by atoms with E-state index in [-0.39, 0.29) is 17.8 Å². The van der Waals surface area contributed by atoms with E-state index in [1.165, 1.54) is 15.8 Å². The molecule has 0 radical (unpaired) electrons. The molecule has 2 aromatic rings. The molecule has 0 aliphatic carbocycles. The van der Waals surface area contributed by atoms with Crippen molar-refractivity contribution in [3.63, 3.8) is 0 Å². The maximum Gasteiger partial charge on any atom is 0.322 e. The van der Waals surface area contributed by atoms with Crippen LogP contribution in [0.5, 0.6) is 0 Å². The van der Waals surface area contributed by atoms with Gasteiger partial charge in [0.25, 0.3) is 0 Å². The van der Waals surface area contributed by atoms with E-state index in [0.717, 1.165) is 25.7 Å². The molecule has 1 fully saturated rings. The Balaban J connectivity index is 1.81. The minimum absolute atomic E-state index is 0.0738. The molecule has 128 valence electrons. The summed E-state index contributed by atoms with van der Waals surface area (Å²) in [5, 5.41) is 2.74. The number of urea groups is 1. The smallest absolute Gasteiger partial charge is 0.317 e. The summed E-state index contributed by atoms with van der Waals surface area (Å²) in [6, 6.07) is 8.71. The van der Waals surface area contributed by atoms with Crippen LogP contribution >= 0.6 is 27.3 Å². The Kier molecular flexibility index (Phi) is 5.56. The summed E-state index contributed by atoms with van der Waals surface area (Å²) in [5.74, 6) is -0.434. The van der Waals surface area contributed by atoms with Crippen molar-refractivity contribution in [3.8, 4) is 0 Å². The number of nitrogens with one attached hydrogen (secondary N) is 1. The van der Waals surface area contributed by atoms with Gasteiger partial charge in [-0.1, -0.05) is 28.8 Å². The van der Waals surface area contributed by atoms with Gasteiger partial charge >= 0.3 is 6.03 Å². The van der Waals surface area contributed by atoms with Gasteiger partial charge in [-0.05, 0) is 50.1 Å². The lowest BCUT2D eigenvalue weighted by molar-refractivity contribution is 0.190. The molecule has 0 bridgehead atoms. The van der Waals surface area contributed by atoms with E-state index >= 15 is 0 Å². The van der Waals surface area contributed by atoms with Gasteiger partial charge in [-0.3, -0.25) is 0 Å². The highest BCUT2D eigenvalue weighted by atomic mass is 79.9. The standard InChI is InChI=1S/C18H20BrFN2OS/c1-12-6-9-17(24-12)16-5-3-2-4-10-22(16)18(23)21-15-8-7-13(19)11-14(15)20/h6-9,11,16H,2-5,10H2,1H3,(H,21,23)/t16-/m0/s1. The van der Waals surface area contributed by atoms with E-state index < -0.39 is 5.82 Å². The van der Waals surface area contributed by atoms with Crippen LogP contribution < -0.4 is 5.32 Å². The second kappa shape index (κ2) is 7.66. The van der Waals surface area contributed by atoms with Gasteiger partial charge in [0.05, 0.1) is 11.7 Å². The molecule has 24 heavy (non-hydrogen) atoms. The Morgan fingerprint density at radius 2 is 2.12 bits per heavy atom. The molecule has 2 amide bonds. The molecule has 3 nitrogen and oxygen atoms in total. The Bertz CT molecular complexity index is 734. The molecule has 1 aromatic carbocycles. The van der Waals surface area contributed by atoms with Crippen LogP contribution in [0.15, 0.2) is 34.8 Å². The van der Waals surface area contributed by atoms with Crippen LogP contribution in [0.25, 0.3) is 0 Å². The molecule has 1 N–H and O–H groups in total. The Hall–Kier alpha value is -1.40. The van der Waals surface area contributed by atoms with Crippen LogP contribution in [0, 0.1) is 12.7 Å². The summed E-state index contributed by atoms with van der Waals surface area (Å²) >= 11 is 4.96. The number of aryl methyl sites for hydroxylation is 1. The van der Waals surface area contributed by atoms with Gasteiger partial charge < -0.3 is 10.2 Å². The molecule has 3 rings (SSSR count). The number of likely N-dealkylation sites (tertiary alicyclic amines) is 1. The Labute approximate surface area is 154 Å². The lowest BCUT2D eigenvalue weighted by atomic mass is 10.1. The minimum atomic E-state index is -0.434. The van der Waals surface area contributed by atoms with Gasteiger partial charge in [-0.15, -0.1) is 11.3 Å². The van der Waals surface area contributed by atoms with Crippen molar-refractivity contribution in [3.05, 3.63) is 50.4 Å². The number of thiophene rings is 1. The van der Waals surface area contributed by atoms with Gasteiger partial charge in [0.1, 0.15) is 5.82 Å². The maximum atomic E-state index is 14.0. The SMILES string of the molecule is Cc1ccc([C@@H]2CCCCCN2C(=O)Nc2ccc(Br)cc2F)s1. The van der Waals surface area contributed by atoms with E-state index in [1.807, 2.05) is 4.90 Å². The first-order chi connectivity index (χ1) is 11.5. The number of amides is 2. The molecular weight excluding hydrogens is 391 g/mol. The third-order valence-electron chi connectivity index (χ3n) is 4.28. The Morgan fingerprint density at radius 1 is 1.29 bits per heavy atom. The lowest BCUT2D eigenvalue weighted by Gasteiger charge is -2.29. The third-order valence-corrected chi connectivity index (χ3v) is 5.87. The second-order valence-corrected chi connectivity index (χ2v) is 8.30. The fourth-order valence-corrected chi connectivity index (χ4v) is 4.42. The highest BCUT2D eigenvalue weighted by Gasteiger charge is 2.28. The van der Waals surface area contributed by atoms with Crippen LogP contribution in [0.1, 0.15) is 41.5 Å². The number of carbonyl (C=O) groups is 1. The summed E-state index contributed by atoms with van der Waals surface area (Å²) in [6.07, 6.45) is 4.17.